The molecule has 1 saturated heterocycles. The Morgan fingerprint density at radius 3 is 2.95 bits per heavy atom. The summed E-state index contributed by atoms with van der Waals surface area (Å²) in [6.45, 7) is 4.68. The first-order valence-corrected chi connectivity index (χ1v) is 7.57. The average Bonchev–Trinajstić information content (AvgIpc) is 2.98. The van der Waals surface area contributed by atoms with Gasteiger partial charge in [-0.25, -0.2) is 0 Å². The molecule has 106 valence electrons. The number of hydrogen-bond donors (Lipinski definition) is 0. The normalized spacial score (nSPS) is 16.4. The molecule has 0 saturated carbocycles. The van der Waals surface area contributed by atoms with Crippen molar-refractivity contribution in [3.8, 4) is 11.5 Å². The molecule has 0 unspecified atom stereocenters. The summed E-state index contributed by atoms with van der Waals surface area (Å²) in [7, 11) is 0. The molecule has 3 heterocycles. The first kappa shape index (κ1) is 13.5. The quantitative estimate of drug-likeness (QED) is 0.775. The van der Waals surface area contributed by atoms with Crippen molar-refractivity contribution in [2.45, 2.75) is 5.22 Å². The third-order valence-corrected chi connectivity index (χ3v) is 3.85. The smallest absolute Gasteiger partial charge is 0.276 e. The van der Waals surface area contributed by atoms with Crippen molar-refractivity contribution < 1.29 is 9.15 Å². The third-order valence-electron chi connectivity index (χ3n) is 3.05. The molecule has 1 aliphatic heterocycles. The molecule has 1 fully saturated rings. The summed E-state index contributed by atoms with van der Waals surface area (Å²) in [5, 5.41) is 8.70. The maximum absolute atomic E-state index is 5.62. The van der Waals surface area contributed by atoms with Crippen LogP contribution in [0, 0.1) is 0 Å². The van der Waals surface area contributed by atoms with Gasteiger partial charge < -0.3 is 9.15 Å². The minimum absolute atomic E-state index is 0.520. The fourth-order valence-electron chi connectivity index (χ4n) is 1.96. The van der Waals surface area contributed by atoms with Crippen LogP contribution in [0.2, 0.25) is 0 Å². The molecule has 1 aliphatic rings. The Morgan fingerprint density at radius 2 is 2.15 bits per heavy atom. The molecule has 0 radical (unpaired) electrons. The number of hydrogen-bond acceptors (Lipinski definition) is 7. The summed E-state index contributed by atoms with van der Waals surface area (Å²) in [5.41, 5.74) is 0.847. The molecule has 0 N–H and O–H groups in total. The van der Waals surface area contributed by atoms with Crippen LogP contribution in [0.3, 0.4) is 0 Å². The fourth-order valence-corrected chi connectivity index (χ4v) is 2.72. The molecule has 2 aromatic heterocycles. The van der Waals surface area contributed by atoms with E-state index in [1.807, 2.05) is 12.1 Å². The summed E-state index contributed by atoms with van der Waals surface area (Å²) in [6, 6.07) is 3.76. The first-order chi connectivity index (χ1) is 9.92. The number of morpholine rings is 1. The Hall–Kier alpha value is -1.44. The van der Waals surface area contributed by atoms with Crippen molar-refractivity contribution in [2.75, 3.05) is 38.6 Å². The van der Waals surface area contributed by atoms with Gasteiger partial charge in [0, 0.05) is 37.8 Å². The lowest BCUT2D eigenvalue weighted by Gasteiger charge is -2.25. The summed E-state index contributed by atoms with van der Waals surface area (Å²) >= 11 is 1.59. The number of thioether (sulfide) groups is 1. The van der Waals surface area contributed by atoms with Gasteiger partial charge in [-0.1, -0.05) is 11.8 Å². The van der Waals surface area contributed by atoms with Gasteiger partial charge in [0.1, 0.15) is 0 Å². The monoisotopic (exact) mass is 292 g/mol. The number of nitrogens with zero attached hydrogens (tertiary/aromatic N) is 4. The zero-order valence-electron chi connectivity index (χ0n) is 11.1. The maximum Gasteiger partial charge on any atom is 0.276 e. The molecule has 6 nitrogen and oxygen atoms in total. The van der Waals surface area contributed by atoms with E-state index in [4.69, 9.17) is 9.15 Å². The number of pyridine rings is 1. The highest BCUT2D eigenvalue weighted by Crippen LogP contribution is 2.22. The Morgan fingerprint density at radius 1 is 1.25 bits per heavy atom. The van der Waals surface area contributed by atoms with E-state index >= 15 is 0 Å². The van der Waals surface area contributed by atoms with E-state index in [1.54, 1.807) is 24.2 Å². The van der Waals surface area contributed by atoms with Crippen molar-refractivity contribution in [3.05, 3.63) is 24.5 Å². The standard InChI is InChI=1S/C13H16N4O2S/c1-2-11(10-14-3-1)12-15-16-13(19-12)20-9-6-17-4-7-18-8-5-17/h1-3,10H,4-9H2. The minimum Gasteiger partial charge on any atom is -0.411 e. The fraction of sp³-hybridized carbons (Fsp3) is 0.462. The van der Waals surface area contributed by atoms with Crippen molar-refractivity contribution in [3.63, 3.8) is 0 Å². The largest absolute Gasteiger partial charge is 0.411 e. The molecule has 2 aromatic rings. The molecule has 0 aliphatic carbocycles. The van der Waals surface area contributed by atoms with Crippen LogP contribution in [0.25, 0.3) is 11.5 Å². The topological polar surface area (TPSA) is 64.3 Å². The Kier molecular flexibility index (Phi) is 4.62. The zero-order valence-corrected chi connectivity index (χ0v) is 11.9. The van der Waals surface area contributed by atoms with Gasteiger partial charge in [-0.05, 0) is 12.1 Å². The zero-order chi connectivity index (χ0) is 13.6. The predicted octanol–water partition coefficient (Wildman–Crippen LogP) is 1.56. The SMILES string of the molecule is c1cncc(-c2nnc(SCCN3CCOCC3)o2)c1. The van der Waals surface area contributed by atoms with Gasteiger partial charge in [-0.2, -0.15) is 0 Å². The molecular weight excluding hydrogens is 276 g/mol. The predicted molar refractivity (Wildman–Crippen MR) is 75.5 cm³/mol. The number of aromatic nitrogens is 3. The van der Waals surface area contributed by atoms with Crippen molar-refractivity contribution in [1.29, 1.82) is 0 Å². The number of rotatable bonds is 5. The van der Waals surface area contributed by atoms with E-state index in [2.05, 4.69) is 20.1 Å². The van der Waals surface area contributed by atoms with Crippen LogP contribution in [0.4, 0.5) is 0 Å². The Labute approximate surface area is 121 Å². The van der Waals surface area contributed by atoms with Crippen LogP contribution in [0.5, 0.6) is 0 Å². The third kappa shape index (κ3) is 3.56. The lowest BCUT2D eigenvalue weighted by molar-refractivity contribution is 0.0410. The molecular formula is C13H16N4O2S. The van der Waals surface area contributed by atoms with Gasteiger partial charge in [-0.3, -0.25) is 9.88 Å². The molecule has 0 aromatic carbocycles. The van der Waals surface area contributed by atoms with Crippen molar-refractivity contribution in [1.82, 2.24) is 20.1 Å². The second-order valence-electron chi connectivity index (χ2n) is 4.42. The van der Waals surface area contributed by atoms with Gasteiger partial charge in [0.05, 0.1) is 18.8 Å². The van der Waals surface area contributed by atoms with Crippen LogP contribution >= 0.6 is 11.8 Å². The van der Waals surface area contributed by atoms with Gasteiger partial charge in [0.2, 0.25) is 5.89 Å². The Balaban J connectivity index is 1.50. The maximum atomic E-state index is 5.62. The lowest BCUT2D eigenvalue weighted by atomic mass is 10.3. The van der Waals surface area contributed by atoms with Crippen molar-refractivity contribution in [2.24, 2.45) is 0 Å². The van der Waals surface area contributed by atoms with Gasteiger partial charge in [0.15, 0.2) is 0 Å². The second kappa shape index (κ2) is 6.83. The molecule has 20 heavy (non-hydrogen) atoms. The van der Waals surface area contributed by atoms with Gasteiger partial charge in [0.25, 0.3) is 5.22 Å². The average molecular weight is 292 g/mol. The summed E-state index contributed by atoms with van der Waals surface area (Å²) in [5.74, 6) is 1.46. The molecule has 0 amide bonds. The minimum atomic E-state index is 0.520. The van der Waals surface area contributed by atoms with Crippen LogP contribution in [0.15, 0.2) is 34.2 Å². The molecule has 0 spiro atoms. The summed E-state index contributed by atoms with van der Waals surface area (Å²) < 4.78 is 10.9. The van der Waals surface area contributed by atoms with E-state index in [0.29, 0.717) is 11.1 Å². The van der Waals surface area contributed by atoms with E-state index in [1.165, 1.54) is 0 Å². The van der Waals surface area contributed by atoms with Gasteiger partial charge in [-0.15, -0.1) is 10.2 Å². The van der Waals surface area contributed by atoms with E-state index < -0.39 is 0 Å². The highest BCUT2D eigenvalue weighted by atomic mass is 32.2. The summed E-state index contributed by atoms with van der Waals surface area (Å²) in [4.78, 5) is 6.42. The van der Waals surface area contributed by atoms with E-state index in [9.17, 15) is 0 Å². The van der Waals surface area contributed by atoms with Crippen molar-refractivity contribution >= 4 is 11.8 Å². The van der Waals surface area contributed by atoms with E-state index in [-0.39, 0.29) is 0 Å². The molecule has 7 heteroatoms. The lowest BCUT2D eigenvalue weighted by Crippen LogP contribution is -2.37. The number of ether oxygens (including phenoxy) is 1. The first-order valence-electron chi connectivity index (χ1n) is 6.58. The van der Waals surface area contributed by atoms with Crippen LogP contribution in [-0.2, 0) is 4.74 Å². The molecule has 0 atom stereocenters. The molecule has 3 rings (SSSR count). The van der Waals surface area contributed by atoms with Crippen LogP contribution < -0.4 is 0 Å². The van der Waals surface area contributed by atoms with Crippen LogP contribution in [-0.4, -0.2) is 58.7 Å². The van der Waals surface area contributed by atoms with Crippen LogP contribution in [0.1, 0.15) is 0 Å². The molecule has 0 bridgehead atoms. The second-order valence-corrected chi connectivity index (χ2v) is 5.46. The Bertz CT molecular complexity index is 528. The summed E-state index contributed by atoms with van der Waals surface area (Å²) in [6.07, 6.45) is 3.44. The highest BCUT2D eigenvalue weighted by Gasteiger charge is 2.12. The van der Waals surface area contributed by atoms with E-state index in [0.717, 1.165) is 44.2 Å². The van der Waals surface area contributed by atoms with Gasteiger partial charge >= 0.3 is 0 Å². The highest BCUT2D eigenvalue weighted by molar-refractivity contribution is 7.99.